The fraction of sp³-hybridized carbons (Fsp3) is 0.312. The molecule has 220 valence electrons. The van der Waals surface area contributed by atoms with Crippen molar-refractivity contribution in [3.63, 3.8) is 0 Å². The summed E-state index contributed by atoms with van der Waals surface area (Å²) in [5.41, 5.74) is 3.07. The Morgan fingerprint density at radius 1 is 0.952 bits per heavy atom. The summed E-state index contributed by atoms with van der Waals surface area (Å²) in [6, 6.07) is 22.3. The van der Waals surface area contributed by atoms with Crippen LogP contribution in [0.4, 0.5) is 4.79 Å². The first-order chi connectivity index (χ1) is 20.1. The van der Waals surface area contributed by atoms with E-state index < -0.39 is 40.8 Å². The monoisotopic (exact) mass is 588 g/mol. The van der Waals surface area contributed by atoms with Crippen LogP contribution in [0.3, 0.4) is 0 Å². The second-order valence-corrected chi connectivity index (χ2v) is 12.4. The molecule has 0 aliphatic carbocycles. The van der Waals surface area contributed by atoms with Crippen molar-refractivity contribution >= 4 is 35.5 Å². The number of carbonyl (C=O) groups is 4. The molecule has 0 radical (unpaired) electrons. The molecule has 0 unspecified atom stereocenters. The molecule has 1 aliphatic heterocycles. The highest BCUT2D eigenvalue weighted by Crippen LogP contribution is 2.40. The van der Waals surface area contributed by atoms with Crippen LogP contribution in [0, 0.1) is 6.92 Å². The number of hydrogen-bond acceptors (Lipinski definition) is 6. The van der Waals surface area contributed by atoms with Gasteiger partial charge in [0.2, 0.25) is 5.91 Å². The first kappa shape index (κ1) is 30.8. The summed E-state index contributed by atoms with van der Waals surface area (Å²) in [6.07, 6.45) is -1.56. The molecule has 4 rings (SSSR count). The van der Waals surface area contributed by atoms with Crippen LogP contribution in [0.15, 0.2) is 84.9 Å². The van der Waals surface area contributed by atoms with Crippen LogP contribution in [0.1, 0.15) is 40.9 Å². The second-order valence-electron chi connectivity index (χ2n) is 10.8. The van der Waals surface area contributed by atoms with Crippen LogP contribution in [-0.2, 0) is 22.6 Å². The predicted octanol–water partition coefficient (Wildman–Crippen LogP) is 3.40. The van der Waals surface area contributed by atoms with Gasteiger partial charge in [-0.1, -0.05) is 72.8 Å². The first-order valence-electron chi connectivity index (χ1n) is 13.7. The molecule has 5 amide bonds. The molecular formula is C32H36N4O5S. The maximum atomic E-state index is 13.8. The number of imide groups is 1. The standard InChI is InChI=1S/C32H36N4O5S/c1-21-12-10-11-17-24(21)19-33-29(39)27-32(2,3)42-20-36(27)30(40)26(37)25(18-22-13-6-4-7-14-22)34-31(41)35-28(38)23-15-8-5-9-16-23/h4-17,25-27,37H,18-20H2,1-3H3,(H,33,39)(H2,34,35,38,41)/t25-,26-,27+/m0/s1. The van der Waals surface area contributed by atoms with Gasteiger partial charge < -0.3 is 20.6 Å². The fourth-order valence-corrected chi connectivity index (χ4v) is 6.06. The van der Waals surface area contributed by atoms with Crippen LogP contribution in [0.25, 0.3) is 0 Å². The Hall–Kier alpha value is -4.15. The van der Waals surface area contributed by atoms with Gasteiger partial charge in [0, 0.05) is 16.9 Å². The van der Waals surface area contributed by atoms with Crippen molar-refractivity contribution in [2.24, 2.45) is 0 Å². The third kappa shape index (κ3) is 7.57. The minimum atomic E-state index is -1.68. The topological polar surface area (TPSA) is 128 Å². The van der Waals surface area contributed by atoms with E-state index >= 15 is 0 Å². The molecule has 0 aromatic heterocycles. The van der Waals surface area contributed by atoms with E-state index in [2.05, 4.69) is 16.0 Å². The smallest absolute Gasteiger partial charge is 0.322 e. The van der Waals surface area contributed by atoms with Crippen molar-refractivity contribution in [1.82, 2.24) is 20.9 Å². The van der Waals surface area contributed by atoms with E-state index in [1.807, 2.05) is 75.4 Å². The number of thioether (sulfide) groups is 1. The molecule has 42 heavy (non-hydrogen) atoms. The van der Waals surface area contributed by atoms with Crippen LogP contribution in [0.2, 0.25) is 0 Å². The second kappa shape index (κ2) is 13.7. The number of nitrogens with zero attached hydrogens (tertiary/aromatic N) is 1. The number of aliphatic hydroxyl groups is 1. The van der Waals surface area contributed by atoms with Crippen molar-refractivity contribution in [3.8, 4) is 0 Å². The van der Waals surface area contributed by atoms with Gasteiger partial charge in [0.25, 0.3) is 11.8 Å². The lowest BCUT2D eigenvalue weighted by atomic mass is 9.97. The normalized spacial score (nSPS) is 17.1. The SMILES string of the molecule is Cc1ccccc1CNC(=O)[C@H]1N(C(=O)[C@@H](O)[C@H](Cc2ccccc2)NC(=O)NC(=O)c2ccccc2)CSC1(C)C. The van der Waals surface area contributed by atoms with Crippen molar-refractivity contribution in [2.45, 2.75) is 56.7 Å². The Balaban J connectivity index is 1.50. The number of carbonyl (C=O) groups excluding carboxylic acids is 4. The maximum Gasteiger partial charge on any atom is 0.322 e. The Morgan fingerprint density at radius 2 is 1.57 bits per heavy atom. The van der Waals surface area contributed by atoms with E-state index in [1.54, 1.807) is 30.3 Å². The quantitative estimate of drug-likeness (QED) is 0.304. The highest BCUT2D eigenvalue weighted by Gasteiger charge is 2.49. The van der Waals surface area contributed by atoms with Crippen molar-refractivity contribution in [2.75, 3.05) is 5.88 Å². The molecule has 1 fully saturated rings. The molecule has 9 nitrogen and oxygen atoms in total. The molecule has 1 heterocycles. The average Bonchev–Trinajstić information content (AvgIpc) is 3.31. The molecule has 3 aromatic carbocycles. The van der Waals surface area contributed by atoms with Crippen molar-refractivity contribution < 1.29 is 24.3 Å². The van der Waals surface area contributed by atoms with Crippen LogP contribution < -0.4 is 16.0 Å². The Labute approximate surface area is 250 Å². The fourth-order valence-electron chi connectivity index (χ4n) is 4.92. The Bertz CT molecular complexity index is 1420. The van der Waals surface area contributed by atoms with Gasteiger partial charge >= 0.3 is 6.03 Å². The number of hydrogen-bond donors (Lipinski definition) is 4. The lowest BCUT2D eigenvalue weighted by Crippen LogP contribution is -2.59. The van der Waals surface area contributed by atoms with E-state index in [4.69, 9.17) is 0 Å². The summed E-state index contributed by atoms with van der Waals surface area (Å²) < 4.78 is -0.618. The summed E-state index contributed by atoms with van der Waals surface area (Å²) in [4.78, 5) is 54.0. The minimum Gasteiger partial charge on any atom is -0.381 e. The molecule has 0 spiro atoms. The molecular weight excluding hydrogens is 552 g/mol. The lowest BCUT2D eigenvalue weighted by molar-refractivity contribution is -0.147. The lowest BCUT2D eigenvalue weighted by Gasteiger charge is -2.33. The number of aliphatic hydroxyl groups excluding tert-OH is 1. The van der Waals surface area contributed by atoms with Gasteiger partial charge in [-0.2, -0.15) is 0 Å². The van der Waals surface area contributed by atoms with E-state index in [0.29, 0.717) is 12.1 Å². The highest BCUT2D eigenvalue weighted by atomic mass is 32.2. The van der Waals surface area contributed by atoms with E-state index in [9.17, 15) is 24.3 Å². The minimum absolute atomic E-state index is 0.120. The Kier molecular flexibility index (Phi) is 10.0. The van der Waals surface area contributed by atoms with Gasteiger partial charge in [-0.05, 0) is 56.0 Å². The third-order valence-electron chi connectivity index (χ3n) is 7.30. The maximum absolute atomic E-state index is 13.8. The predicted molar refractivity (Wildman–Crippen MR) is 163 cm³/mol. The summed E-state index contributed by atoms with van der Waals surface area (Å²) in [6.45, 7) is 6.04. The van der Waals surface area contributed by atoms with Crippen LogP contribution in [-0.4, -0.2) is 62.6 Å². The van der Waals surface area contributed by atoms with Gasteiger partial charge in [0.1, 0.15) is 6.04 Å². The van der Waals surface area contributed by atoms with Crippen LogP contribution in [0.5, 0.6) is 0 Å². The molecule has 0 saturated carbocycles. The van der Waals surface area contributed by atoms with E-state index in [0.717, 1.165) is 16.7 Å². The molecule has 4 N–H and O–H groups in total. The number of amides is 5. The summed E-state index contributed by atoms with van der Waals surface area (Å²) in [7, 11) is 0. The summed E-state index contributed by atoms with van der Waals surface area (Å²) in [5, 5.41) is 19.2. The Morgan fingerprint density at radius 3 is 2.24 bits per heavy atom. The van der Waals surface area contributed by atoms with Gasteiger partial charge in [0.05, 0.1) is 11.9 Å². The number of benzene rings is 3. The van der Waals surface area contributed by atoms with E-state index in [-0.39, 0.29) is 18.2 Å². The third-order valence-corrected chi connectivity index (χ3v) is 8.68. The highest BCUT2D eigenvalue weighted by molar-refractivity contribution is 8.00. The van der Waals surface area contributed by atoms with Gasteiger partial charge in [-0.15, -0.1) is 11.8 Å². The van der Waals surface area contributed by atoms with Crippen molar-refractivity contribution in [3.05, 3.63) is 107 Å². The van der Waals surface area contributed by atoms with Crippen LogP contribution >= 0.6 is 11.8 Å². The zero-order valence-corrected chi connectivity index (χ0v) is 24.7. The largest absolute Gasteiger partial charge is 0.381 e. The molecule has 3 atom stereocenters. The van der Waals surface area contributed by atoms with E-state index in [1.165, 1.54) is 16.7 Å². The molecule has 10 heteroatoms. The van der Waals surface area contributed by atoms with Gasteiger partial charge in [0.15, 0.2) is 6.10 Å². The molecule has 1 saturated heterocycles. The first-order valence-corrected chi connectivity index (χ1v) is 14.7. The zero-order chi connectivity index (χ0) is 30.3. The number of nitrogens with one attached hydrogen (secondary N) is 3. The zero-order valence-electron chi connectivity index (χ0n) is 23.9. The van der Waals surface area contributed by atoms with Crippen molar-refractivity contribution in [1.29, 1.82) is 0 Å². The van der Waals surface area contributed by atoms with Gasteiger partial charge in [-0.3, -0.25) is 19.7 Å². The number of urea groups is 1. The average molecular weight is 589 g/mol. The summed E-state index contributed by atoms with van der Waals surface area (Å²) in [5.74, 6) is -1.43. The number of rotatable bonds is 9. The summed E-state index contributed by atoms with van der Waals surface area (Å²) >= 11 is 1.44. The van der Waals surface area contributed by atoms with Gasteiger partial charge in [-0.25, -0.2) is 4.79 Å². The molecule has 1 aliphatic rings. The molecule has 3 aromatic rings. The molecule has 0 bridgehead atoms. The number of aryl methyl sites for hydroxylation is 1.